The summed E-state index contributed by atoms with van der Waals surface area (Å²) < 4.78 is 83.1. The molecule has 32 atom stereocenters. The Bertz CT molecular complexity index is 2180. The number of carbonyl (C=O) groups excluding carboxylic acids is 4. The van der Waals surface area contributed by atoms with Crippen molar-refractivity contribution < 1.29 is 152 Å². The predicted octanol–water partition coefficient (Wildman–Crippen LogP) is -2.26. The van der Waals surface area contributed by atoms with Crippen LogP contribution in [-0.4, -0.2) is 289 Å². The van der Waals surface area contributed by atoms with Gasteiger partial charge in [-0.05, 0) is 74.1 Å². The van der Waals surface area contributed by atoms with E-state index in [-0.39, 0.29) is 12.8 Å². The Morgan fingerprint density at radius 2 is 0.989 bits per heavy atom. The van der Waals surface area contributed by atoms with Crippen molar-refractivity contribution in [1.82, 2.24) is 0 Å². The molecule has 5 saturated heterocycles. The molecule has 530 valence electrons. The van der Waals surface area contributed by atoms with Gasteiger partial charge in [-0.2, -0.15) is 0 Å². The molecule has 0 aromatic carbocycles. The molecule has 0 unspecified atom stereocenters. The molecule has 13 N–H and O–H groups in total. The summed E-state index contributed by atoms with van der Waals surface area (Å²) in [6, 6.07) is 0. The summed E-state index contributed by atoms with van der Waals surface area (Å²) in [5, 5.41) is 144. The zero-order chi connectivity index (χ0) is 67.9. The van der Waals surface area contributed by atoms with Crippen LogP contribution in [0, 0.1) is 17.8 Å². The van der Waals surface area contributed by atoms with Gasteiger partial charge in [-0.15, -0.1) is 0 Å². The van der Waals surface area contributed by atoms with E-state index in [4.69, 9.17) is 61.6 Å². The van der Waals surface area contributed by atoms with E-state index in [0.29, 0.717) is 44.9 Å². The molecule has 0 radical (unpaired) electrons. The zero-order valence-electron chi connectivity index (χ0n) is 53.8. The lowest BCUT2D eigenvalue weighted by molar-refractivity contribution is -0.401. The van der Waals surface area contributed by atoms with Crippen molar-refractivity contribution in [3.8, 4) is 0 Å². The first kappa shape index (κ1) is 78.7. The first-order chi connectivity index (χ1) is 42.9. The highest BCUT2D eigenvalue weighted by atomic mass is 16.8. The van der Waals surface area contributed by atoms with Crippen molar-refractivity contribution >= 4 is 23.9 Å². The van der Waals surface area contributed by atoms with Crippen LogP contribution >= 0.6 is 0 Å². The van der Waals surface area contributed by atoms with E-state index < -0.39 is 233 Å². The molecule has 5 rings (SSSR count). The van der Waals surface area contributed by atoms with Gasteiger partial charge in [-0.3, -0.25) is 19.2 Å². The lowest BCUT2D eigenvalue weighted by atomic mass is 9.95. The largest absolute Gasteiger partial charge is 0.469 e. The van der Waals surface area contributed by atoms with Crippen LogP contribution in [0.4, 0.5) is 0 Å². The Balaban J connectivity index is 1.44. The van der Waals surface area contributed by atoms with E-state index in [1.807, 2.05) is 6.92 Å². The number of methoxy groups -OCH3 is 1. The number of ether oxygens (including phenoxy) is 14. The van der Waals surface area contributed by atoms with E-state index in [2.05, 4.69) is 4.74 Å². The fourth-order valence-electron chi connectivity index (χ4n) is 11.0. The van der Waals surface area contributed by atoms with Gasteiger partial charge in [-0.1, -0.05) is 59.3 Å². The van der Waals surface area contributed by atoms with Crippen LogP contribution in [0.25, 0.3) is 0 Å². The topological polar surface area (TPSA) is 460 Å². The standard InChI is InChI=1S/C60H104O31/c1-12-19-34(21-18-16-14-15-17-20-33(63)22-37(64)78-11)84-59-50(45(72)41(68)36(86-59)24-79-57-49(43(70)39(66)31(9)82-57)88-55(77)27(5)29(7)80-54(76)26(4)28(6)62)91-60-51(44(71)40(67)35(23-61)85-60)90-58-52(87-53(75)25(3)13-2)47(74)48(32(10)83-58)89-56-46(73)42(69)38(65)30(8)81-56/h25-36,38-52,56-63,65-74H,12-24H2,1-11H3/t25-,26+,27+,28+,29+,30+,31-,32-,33-,34-,35+,36+,38+,39-,40+,41+,42-,43+,44-,45-,46+,47+,48-,49+,50+,51+,52+,56-,57+,58-,59+,60-/m0/s1. The molecule has 5 heterocycles. The Morgan fingerprint density at radius 1 is 0.484 bits per heavy atom. The Hall–Kier alpha value is -3.04. The maximum absolute atomic E-state index is 13.6. The number of hydrogen-bond donors (Lipinski definition) is 13. The Morgan fingerprint density at radius 3 is 1.58 bits per heavy atom. The van der Waals surface area contributed by atoms with Crippen LogP contribution in [0.3, 0.4) is 0 Å². The van der Waals surface area contributed by atoms with Gasteiger partial charge < -0.3 is 133 Å². The van der Waals surface area contributed by atoms with Gasteiger partial charge in [0.15, 0.2) is 43.7 Å². The molecule has 0 amide bonds. The quantitative estimate of drug-likeness (QED) is 0.0187. The first-order valence-corrected chi connectivity index (χ1v) is 31.9. The number of aliphatic hydroxyl groups is 13. The minimum atomic E-state index is -2.07. The molecule has 5 aliphatic rings. The van der Waals surface area contributed by atoms with Crippen molar-refractivity contribution in [2.24, 2.45) is 17.8 Å². The Kier molecular flexibility index (Phi) is 31.9. The summed E-state index contributed by atoms with van der Waals surface area (Å²) in [5.74, 6) is -6.05. The highest BCUT2D eigenvalue weighted by Crippen LogP contribution is 2.38. The van der Waals surface area contributed by atoms with Crippen LogP contribution in [0.2, 0.25) is 0 Å². The second-order valence-corrected chi connectivity index (χ2v) is 24.8. The number of aliphatic hydroxyl groups excluding tert-OH is 13. The first-order valence-electron chi connectivity index (χ1n) is 31.9. The fourth-order valence-corrected chi connectivity index (χ4v) is 11.0. The molecular weight excluding hydrogens is 1220 g/mol. The van der Waals surface area contributed by atoms with Crippen LogP contribution in [0.5, 0.6) is 0 Å². The predicted molar refractivity (Wildman–Crippen MR) is 308 cm³/mol. The summed E-state index contributed by atoms with van der Waals surface area (Å²) in [7, 11) is 1.24. The summed E-state index contributed by atoms with van der Waals surface area (Å²) in [6.07, 6.45) is -41.3. The third kappa shape index (κ3) is 21.0. The molecule has 0 aliphatic carbocycles. The van der Waals surface area contributed by atoms with Crippen molar-refractivity contribution in [2.45, 2.75) is 318 Å². The molecule has 31 heteroatoms. The van der Waals surface area contributed by atoms with Gasteiger partial charge in [0, 0.05) is 0 Å². The maximum atomic E-state index is 13.6. The second-order valence-electron chi connectivity index (χ2n) is 24.8. The SMILES string of the molecule is CCC[C@@H](CCCCCCC[C@H](O)CC(=O)OC)O[C@@H]1O[C@H](CO[C@@H]2O[C@@H](C)[C@H](O)[C@@H](O)[C@H]2OC(=O)[C@H](C)[C@@H](C)OC(=O)[C@H](C)[C@@H](C)O)[C@@H](O)[C@H](O)[C@H]1O[C@@H]1O[C@H](CO)[C@@H](O)[C@H](O)[C@H]1O[C@@H]1O[C@@H](C)[C@H](O[C@@H]2O[C@H](C)[C@@H](O)[C@H](O)[C@H]2O)[C@@H](O)[C@H]1OC(=O)[C@@H](C)CC. The summed E-state index contributed by atoms with van der Waals surface area (Å²) in [4.78, 5) is 51.4. The van der Waals surface area contributed by atoms with Gasteiger partial charge >= 0.3 is 23.9 Å². The third-order valence-corrected chi connectivity index (χ3v) is 17.7. The average Bonchev–Trinajstić information content (AvgIpc) is 0.824. The second kappa shape index (κ2) is 36.9. The molecule has 31 nitrogen and oxygen atoms in total. The number of rotatable bonds is 33. The van der Waals surface area contributed by atoms with E-state index >= 15 is 0 Å². The maximum Gasteiger partial charge on any atom is 0.312 e. The van der Waals surface area contributed by atoms with Gasteiger partial charge in [0.25, 0.3) is 0 Å². The Labute approximate surface area is 530 Å². The van der Waals surface area contributed by atoms with E-state index in [1.54, 1.807) is 13.8 Å². The van der Waals surface area contributed by atoms with Crippen LogP contribution in [-0.2, 0) is 85.5 Å². The summed E-state index contributed by atoms with van der Waals surface area (Å²) >= 11 is 0. The molecule has 0 bridgehead atoms. The molecule has 0 aromatic rings. The molecule has 91 heavy (non-hydrogen) atoms. The van der Waals surface area contributed by atoms with Gasteiger partial charge in [0.1, 0.15) is 97.7 Å². The monoisotopic (exact) mass is 1320 g/mol. The average molecular weight is 1320 g/mol. The van der Waals surface area contributed by atoms with E-state index in [1.165, 1.54) is 55.6 Å². The lowest BCUT2D eigenvalue weighted by Crippen LogP contribution is -2.67. The van der Waals surface area contributed by atoms with E-state index in [0.717, 1.165) is 12.8 Å². The number of hydrogen-bond acceptors (Lipinski definition) is 31. The number of esters is 4. The zero-order valence-corrected chi connectivity index (χ0v) is 53.8. The summed E-state index contributed by atoms with van der Waals surface area (Å²) in [5.41, 5.74) is 0. The third-order valence-electron chi connectivity index (χ3n) is 17.7. The highest BCUT2D eigenvalue weighted by molar-refractivity contribution is 5.76. The molecule has 0 spiro atoms. The van der Waals surface area contributed by atoms with E-state index in [9.17, 15) is 85.6 Å². The molecule has 0 saturated carbocycles. The van der Waals surface area contributed by atoms with Crippen molar-refractivity contribution in [3.63, 3.8) is 0 Å². The van der Waals surface area contributed by atoms with Crippen LogP contribution in [0.15, 0.2) is 0 Å². The van der Waals surface area contributed by atoms with Gasteiger partial charge in [-0.25, -0.2) is 0 Å². The number of unbranched alkanes of at least 4 members (excludes halogenated alkanes) is 4. The minimum absolute atomic E-state index is 0.122. The molecule has 5 aliphatic heterocycles. The highest BCUT2D eigenvalue weighted by Gasteiger charge is 2.57. The molecular formula is C60H104O31. The van der Waals surface area contributed by atoms with Crippen LogP contribution in [0.1, 0.15) is 140 Å². The van der Waals surface area contributed by atoms with Crippen LogP contribution < -0.4 is 0 Å². The smallest absolute Gasteiger partial charge is 0.312 e. The molecule has 5 fully saturated rings. The van der Waals surface area contributed by atoms with Gasteiger partial charge in [0.05, 0.1) is 81.1 Å². The molecule has 0 aromatic heterocycles. The normalized spacial score (nSPS) is 39.5. The lowest BCUT2D eigenvalue weighted by Gasteiger charge is -2.50. The van der Waals surface area contributed by atoms with Crippen molar-refractivity contribution in [3.05, 3.63) is 0 Å². The van der Waals surface area contributed by atoms with Crippen molar-refractivity contribution in [1.29, 1.82) is 0 Å². The minimum Gasteiger partial charge on any atom is -0.469 e. The van der Waals surface area contributed by atoms with Gasteiger partial charge in [0.2, 0.25) is 0 Å². The van der Waals surface area contributed by atoms with Crippen molar-refractivity contribution in [2.75, 3.05) is 20.3 Å². The number of carbonyl (C=O) groups is 4. The fraction of sp³-hybridized carbons (Fsp3) is 0.933. The summed E-state index contributed by atoms with van der Waals surface area (Å²) in [6.45, 7) is 13.3.